The molecule has 4 nitrogen and oxygen atoms in total. The Morgan fingerprint density at radius 1 is 1.14 bits per heavy atom. The molecule has 2 N–H and O–H groups in total. The van der Waals surface area contributed by atoms with Gasteiger partial charge in [-0.1, -0.05) is 17.7 Å². The molecule has 3 aromatic rings. The van der Waals surface area contributed by atoms with Gasteiger partial charge in [0.25, 0.3) is 0 Å². The Morgan fingerprint density at radius 3 is 2.67 bits per heavy atom. The maximum Gasteiger partial charge on any atom is 0.225 e. The zero-order valence-electron chi connectivity index (χ0n) is 12.0. The predicted octanol–water partition coefficient (Wildman–Crippen LogP) is 4.75. The number of aryl methyl sites for hydroxylation is 2. The molecule has 21 heavy (non-hydrogen) atoms. The highest BCUT2D eigenvalue weighted by Crippen LogP contribution is 2.32. The second-order valence-electron chi connectivity index (χ2n) is 4.81. The van der Waals surface area contributed by atoms with E-state index >= 15 is 0 Å². The van der Waals surface area contributed by atoms with E-state index in [9.17, 15) is 0 Å². The Balaban J connectivity index is 2.07. The molecule has 0 unspecified atom stereocenters. The lowest BCUT2D eigenvalue weighted by Gasteiger charge is -2.09. The van der Waals surface area contributed by atoms with Gasteiger partial charge in [-0.2, -0.15) is 4.98 Å². The third-order valence-corrected chi connectivity index (χ3v) is 4.53. The number of anilines is 3. The van der Waals surface area contributed by atoms with Gasteiger partial charge in [0.15, 0.2) is 0 Å². The Labute approximate surface area is 132 Å². The summed E-state index contributed by atoms with van der Waals surface area (Å²) >= 11 is 7.83. The van der Waals surface area contributed by atoms with E-state index in [1.54, 1.807) is 11.3 Å². The van der Waals surface area contributed by atoms with Gasteiger partial charge in [-0.3, -0.25) is 0 Å². The van der Waals surface area contributed by atoms with Crippen molar-refractivity contribution >= 4 is 50.6 Å². The highest BCUT2D eigenvalue weighted by atomic mass is 35.5. The molecule has 0 aliphatic rings. The summed E-state index contributed by atoms with van der Waals surface area (Å²) in [6, 6.07) is 7.98. The van der Waals surface area contributed by atoms with Gasteiger partial charge in [0, 0.05) is 22.6 Å². The molecule has 2 heterocycles. The quantitative estimate of drug-likeness (QED) is 0.732. The molecule has 108 valence electrons. The van der Waals surface area contributed by atoms with Crippen LogP contribution < -0.4 is 10.6 Å². The summed E-state index contributed by atoms with van der Waals surface area (Å²) in [5.74, 6) is 1.39. The summed E-state index contributed by atoms with van der Waals surface area (Å²) in [4.78, 5) is 11.2. The average Bonchev–Trinajstić information content (AvgIpc) is 2.83. The van der Waals surface area contributed by atoms with Crippen LogP contribution in [0, 0.1) is 13.8 Å². The van der Waals surface area contributed by atoms with Gasteiger partial charge in [-0.25, -0.2) is 4.98 Å². The first kappa shape index (κ1) is 14.1. The molecule has 0 saturated heterocycles. The minimum absolute atomic E-state index is 0.602. The average molecular weight is 319 g/mol. The molecule has 0 aliphatic carbocycles. The standard InChI is InChI=1S/C15H15ClN4S/c1-8-4-5-10(7-12(8)16)18-13-11-6-9(2)21-14(11)20-15(17-3)19-13/h4-7H,1-3H3,(H2,17,18,19,20). The summed E-state index contributed by atoms with van der Waals surface area (Å²) in [5, 5.41) is 8.09. The Bertz CT molecular complexity index is 813. The van der Waals surface area contributed by atoms with Crippen LogP contribution in [-0.4, -0.2) is 17.0 Å². The van der Waals surface area contributed by atoms with E-state index in [1.807, 2.05) is 32.2 Å². The lowest BCUT2D eigenvalue weighted by atomic mass is 10.2. The number of halogens is 1. The topological polar surface area (TPSA) is 49.8 Å². The van der Waals surface area contributed by atoms with Crippen LogP contribution in [0.3, 0.4) is 0 Å². The summed E-state index contributed by atoms with van der Waals surface area (Å²) in [5.41, 5.74) is 1.97. The molecule has 0 atom stereocenters. The van der Waals surface area contributed by atoms with Crippen LogP contribution in [0.4, 0.5) is 17.5 Å². The molecule has 0 saturated carbocycles. The number of thiophene rings is 1. The van der Waals surface area contributed by atoms with Gasteiger partial charge < -0.3 is 10.6 Å². The minimum atomic E-state index is 0.602. The van der Waals surface area contributed by atoms with Crippen molar-refractivity contribution in [2.45, 2.75) is 13.8 Å². The van der Waals surface area contributed by atoms with E-state index in [1.165, 1.54) is 4.88 Å². The molecule has 0 fully saturated rings. The number of rotatable bonds is 3. The fourth-order valence-electron chi connectivity index (χ4n) is 2.06. The molecule has 3 rings (SSSR count). The fourth-order valence-corrected chi connectivity index (χ4v) is 3.12. The third-order valence-electron chi connectivity index (χ3n) is 3.17. The minimum Gasteiger partial charge on any atom is -0.357 e. The zero-order chi connectivity index (χ0) is 15.0. The Kier molecular flexibility index (Phi) is 3.69. The maximum atomic E-state index is 6.18. The number of nitrogens with zero attached hydrogens (tertiary/aromatic N) is 2. The summed E-state index contributed by atoms with van der Waals surface area (Å²) < 4.78 is 0. The Morgan fingerprint density at radius 2 is 1.95 bits per heavy atom. The molecule has 0 amide bonds. The first-order valence-corrected chi connectivity index (χ1v) is 7.75. The van der Waals surface area contributed by atoms with Crippen molar-refractivity contribution in [3.63, 3.8) is 0 Å². The largest absolute Gasteiger partial charge is 0.357 e. The zero-order valence-corrected chi connectivity index (χ0v) is 13.6. The van der Waals surface area contributed by atoms with Crippen LogP contribution in [0.2, 0.25) is 5.02 Å². The number of hydrogen-bond donors (Lipinski definition) is 2. The molecule has 0 radical (unpaired) electrons. The van der Waals surface area contributed by atoms with Gasteiger partial charge in [-0.15, -0.1) is 11.3 Å². The van der Waals surface area contributed by atoms with E-state index in [0.29, 0.717) is 5.95 Å². The number of aromatic nitrogens is 2. The van der Waals surface area contributed by atoms with Crippen molar-refractivity contribution in [3.8, 4) is 0 Å². The highest BCUT2D eigenvalue weighted by Gasteiger charge is 2.10. The summed E-state index contributed by atoms with van der Waals surface area (Å²) in [6.07, 6.45) is 0. The van der Waals surface area contributed by atoms with Gasteiger partial charge in [-0.05, 0) is 37.6 Å². The van der Waals surface area contributed by atoms with E-state index < -0.39 is 0 Å². The molecular weight excluding hydrogens is 304 g/mol. The first-order chi connectivity index (χ1) is 10.1. The SMILES string of the molecule is CNc1nc(Nc2ccc(C)c(Cl)c2)c2cc(C)sc2n1. The second kappa shape index (κ2) is 5.50. The van der Waals surface area contributed by atoms with Crippen molar-refractivity contribution in [2.75, 3.05) is 17.7 Å². The number of hydrogen-bond acceptors (Lipinski definition) is 5. The van der Waals surface area contributed by atoms with E-state index in [2.05, 4.69) is 33.6 Å². The van der Waals surface area contributed by atoms with Crippen molar-refractivity contribution < 1.29 is 0 Å². The maximum absolute atomic E-state index is 6.18. The number of benzene rings is 1. The Hall–Kier alpha value is -1.85. The number of fused-ring (bicyclic) bond motifs is 1. The smallest absolute Gasteiger partial charge is 0.225 e. The van der Waals surface area contributed by atoms with E-state index in [-0.39, 0.29) is 0 Å². The van der Waals surface area contributed by atoms with Crippen molar-refractivity contribution in [3.05, 3.63) is 39.7 Å². The van der Waals surface area contributed by atoms with Crippen LogP contribution in [0.25, 0.3) is 10.2 Å². The fraction of sp³-hybridized carbons (Fsp3) is 0.200. The van der Waals surface area contributed by atoms with Crippen LogP contribution >= 0.6 is 22.9 Å². The monoisotopic (exact) mass is 318 g/mol. The summed E-state index contributed by atoms with van der Waals surface area (Å²) in [6.45, 7) is 4.05. The molecule has 0 spiro atoms. The van der Waals surface area contributed by atoms with Crippen molar-refractivity contribution in [1.29, 1.82) is 0 Å². The van der Waals surface area contributed by atoms with E-state index in [4.69, 9.17) is 11.6 Å². The lowest BCUT2D eigenvalue weighted by Crippen LogP contribution is -2.00. The van der Waals surface area contributed by atoms with Crippen molar-refractivity contribution in [2.24, 2.45) is 0 Å². The molecule has 6 heteroatoms. The first-order valence-electron chi connectivity index (χ1n) is 6.56. The molecule has 2 aromatic heterocycles. The summed E-state index contributed by atoms with van der Waals surface area (Å²) in [7, 11) is 1.81. The van der Waals surface area contributed by atoms with Gasteiger partial charge in [0.2, 0.25) is 5.95 Å². The van der Waals surface area contributed by atoms with Crippen LogP contribution in [0.5, 0.6) is 0 Å². The second-order valence-corrected chi connectivity index (χ2v) is 6.45. The van der Waals surface area contributed by atoms with Gasteiger partial charge in [0.1, 0.15) is 10.6 Å². The van der Waals surface area contributed by atoms with Gasteiger partial charge in [0.05, 0.1) is 5.39 Å². The van der Waals surface area contributed by atoms with Crippen LogP contribution in [-0.2, 0) is 0 Å². The predicted molar refractivity (Wildman–Crippen MR) is 91.2 cm³/mol. The lowest BCUT2D eigenvalue weighted by molar-refractivity contribution is 1.20. The van der Waals surface area contributed by atoms with E-state index in [0.717, 1.165) is 32.3 Å². The highest BCUT2D eigenvalue weighted by molar-refractivity contribution is 7.18. The van der Waals surface area contributed by atoms with Crippen molar-refractivity contribution in [1.82, 2.24) is 9.97 Å². The molecular formula is C15H15ClN4S. The normalized spacial score (nSPS) is 10.9. The third kappa shape index (κ3) is 2.80. The number of nitrogens with one attached hydrogen (secondary N) is 2. The molecule has 0 aliphatic heterocycles. The van der Waals surface area contributed by atoms with Crippen LogP contribution in [0.15, 0.2) is 24.3 Å². The molecule has 1 aromatic carbocycles. The molecule has 0 bridgehead atoms. The van der Waals surface area contributed by atoms with Gasteiger partial charge >= 0.3 is 0 Å². The van der Waals surface area contributed by atoms with Crippen LogP contribution in [0.1, 0.15) is 10.4 Å².